The molecule has 2 heteroatoms. The van der Waals surface area contributed by atoms with Crippen LogP contribution in [0, 0.1) is 6.92 Å². The summed E-state index contributed by atoms with van der Waals surface area (Å²) in [5.41, 5.74) is 5.28. The Bertz CT molecular complexity index is 577. The SMILES string of the molecule is Cc1cc(-c2cccnc2)ccc1CN1CCCC1C. The van der Waals surface area contributed by atoms with Crippen LogP contribution < -0.4 is 0 Å². The fourth-order valence-corrected chi connectivity index (χ4v) is 3.03. The molecule has 0 saturated carbocycles. The number of hydrogen-bond donors (Lipinski definition) is 0. The van der Waals surface area contributed by atoms with Crippen LogP contribution in [0.5, 0.6) is 0 Å². The summed E-state index contributed by atoms with van der Waals surface area (Å²) in [5.74, 6) is 0. The first kappa shape index (κ1) is 13.3. The van der Waals surface area contributed by atoms with Crippen LogP contribution in [-0.4, -0.2) is 22.5 Å². The molecule has 20 heavy (non-hydrogen) atoms. The normalized spacial score (nSPS) is 19.4. The lowest BCUT2D eigenvalue weighted by Gasteiger charge is -2.22. The molecule has 0 bridgehead atoms. The van der Waals surface area contributed by atoms with Crippen LogP contribution in [0.15, 0.2) is 42.7 Å². The molecule has 0 aliphatic carbocycles. The van der Waals surface area contributed by atoms with E-state index in [0.717, 1.165) is 12.6 Å². The van der Waals surface area contributed by atoms with Gasteiger partial charge in [0.25, 0.3) is 0 Å². The summed E-state index contributed by atoms with van der Waals surface area (Å²) in [6.07, 6.45) is 6.43. The van der Waals surface area contributed by atoms with Crippen LogP contribution in [0.1, 0.15) is 30.9 Å². The van der Waals surface area contributed by atoms with Gasteiger partial charge < -0.3 is 0 Å². The second-order valence-corrected chi connectivity index (χ2v) is 5.84. The summed E-state index contributed by atoms with van der Waals surface area (Å²) in [6.45, 7) is 6.88. The van der Waals surface area contributed by atoms with Gasteiger partial charge in [-0.3, -0.25) is 9.88 Å². The highest BCUT2D eigenvalue weighted by Crippen LogP contribution is 2.25. The van der Waals surface area contributed by atoms with Gasteiger partial charge in [0.1, 0.15) is 0 Å². The molecule has 1 atom stereocenters. The van der Waals surface area contributed by atoms with E-state index in [0.29, 0.717) is 0 Å². The molecule has 1 aliphatic heterocycles. The van der Waals surface area contributed by atoms with Crippen molar-refractivity contribution in [1.82, 2.24) is 9.88 Å². The van der Waals surface area contributed by atoms with Crippen molar-refractivity contribution in [2.75, 3.05) is 6.54 Å². The quantitative estimate of drug-likeness (QED) is 0.833. The molecule has 2 aromatic rings. The molecule has 0 spiro atoms. The Morgan fingerprint density at radius 1 is 1.25 bits per heavy atom. The first-order valence-corrected chi connectivity index (χ1v) is 7.48. The summed E-state index contributed by atoms with van der Waals surface area (Å²) >= 11 is 0. The van der Waals surface area contributed by atoms with E-state index in [1.165, 1.54) is 41.6 Å². The molecule has 2 heterocycles. The lowest BCUT2D eigenvalue weighted by atomic mass is 10.0. The Kier molecular flexibility index (Phi) is 3.83. The van der Waals surface area contributed by atoms with Crippen molar-refractivity contribution in [3.05, 3.63) is 53.9 Å². The van der Waals surface area contributed by atoms with Crippen LogP contribution in [-0.2, 0) is 6.54 Å². The van der Waals surface area contributed by atoms with E-state index in [1.807, 2.05) is 18.5 Å². The molecule has 1 aromatic carbocycles. The van der Waals surface area contributed by atoms with E-state index in [4.69, 9.17) is 0 Å². The first-order valence-electron chi connectivity index (χ1n) is 7.48. The van der Waals surface area contributed by atoms with Crippen molar-refractivity contribution in [2.45, 2.75) is 39.3 Å². The van der Waals surface area contributed by atoms with Gasteiger partial charge >= 0.3 is 0 Å². The molecule has 1 fully saturated rings. The predicted molar refractivity (Wildman–Crippen MR) is 83.5 cm³/mol. The summed E-state index contributed by atoms with van der Waals surface area (Å²) in [7, 11) is 0. The second-order valence-electron chi connectivity index (χ2n) is 5.84. The van der Waals surface area contributed by atoms with Gasteiger partial charge in [-0.05, 0) is 61.6 Å². The molecular formula is C18H22N2. The number of nitrogens with zero attached hydrogens (tertiary/aromatic N) is 2. The fourth-order valence-electron chi connectivity index (χ4n) is 3.03. The lowest BCUT2D eigenvalue weighted by molar-refractivity contribution is 0.260. The van der Waals surface area contributed by atoms with Crippen molar-refractivity contribution in [3.63, 3.8) is 0 Å². The molecular weight excluding hydrogens is 244 g/mol. The minimum atomic E-state index is 0.729. The van der Waals surface area contributed by atoms with Gasteiger partial charge in [-0.25, -0.2) is 0 Å². The highest BCUT2D eigenvalue weighted by atomic mass is 15.2. The van der Waals surface area contributed by atoms with Crippen LogP contribution in [0.25, 0.3) is 11.1 Å². The smallest absolute Gasteiger partial charge is 0.0346 e. The number of hydrogen-bond acceptors (Lipinski definition) is 2. The maximum Gasteiger partial charge on any atom is 0.0346 e. The van der Waals surface area contributed by atoms with Crippen molar-refractivity contribution >= 4 is 0 Å². The number of aryl methyl sites for hydroxylation is 1. The Morgan fingerprint density at radius 2 is 2.15 bits per heavy atom. The van der Waals surface area contributed by atoms with Gasteiger partial charge in [0, 0.05) is 25.0 Å². The Hall–Kier alpha value is -1.67. The first-order chi connectivity index (χ1) is 9.74. The maximum atomic E-state index is 4.20. The average molecular weight is 266 g/mol. The Labute approximate surface area is 121 Å². The van der Waals surface area contributed by atoms with Crippen molar-refractivity contribution in [1.29, 1.82) is 0 Å². The number of likely N-dealkylation sites (tertiary alicyclic amines) is 1. The molecule has 3 rings (SSSR count). The van der Waals surface area contributed by atoms with Crippen molar-refractivity contribution < 1.29 is 0 Å². The van der Waals surface area contributed by atoms with E-state index in [-0.39, 0.29) is 0 Å². The Balaban J connectivity index is 1.81. The van der Waals surface area contributed by atoms with Gasteiger partial charge in [0.2, 0.25) is 0 Å². The van der Waals surface area contributed by atoms with Gasteiger partial charge in [0.05, 0.1) is 0 Å². The zero-order valence-electron chi connectivity index (χ0n) is 12.3. The number of pyridine rings is 1. The highest BCUT2D eigenvalue weighted by Gasteiger charge is 2.20. The van der Waals surface area contributed by atoms with Crippen molar-refractivity contribution in [2.24, 2.45) is 0 Å². The van der Waals surface area contributed by atoms with Crippen LogP contribution in [0.3, 0.4) is 0 Å². The molecule has 104 valence electrons. The Morgan fingerprint density at radius 3 is 2.80 bits per heavy atom. The molecule has 1 saturated heterocycles. The highest BCUT2D eigenvalue weighted by molar-refractivity contribution is 5.63. The average Bonchev–Trinajstić information content (AvgIpc) is 2.87. The summed E-state index contributed by atoms with van der Waals surface area (Å²) in [4.78, 5) is 6.79. The second kappa shape index (κ2) is 5.76. The van der Waals surface area contributed by atoms with Gasteiger partial charge in [-0.15, -0.1) is 0 Å². The van der Waals surface area contributed by atoms with Gasteiger partial charge in [0.15, 0.2) is 0 Å². The van der Waals surface area contributed by atoms with Gasteiger partial charge in [-0.2, -0.15) is 0 Å². The van der Waals surface area contributed by atoms with Crippen LogP contribution in [0.4, 0.5) is 0 Å². The number of rotatable bonds is 3. The molecule has 1 aromatic heterocycles. The molecule has 1 unspecified atom stereocenters. The lowest BCUT2D eigenvalue weighted by Crippen LogP contribution is -2.26. The van der Waals surface area contributed by atoms with E-state index >= 15 is 0 Å². The summed E-state index contributed by atoms with van der Waals surface area (Å²) < 4.78 is 0. The molecule has 2 nitrogen and oxygen atoms in total. The largest absolute Gasteiger partial charge is 0.296 e. The topological polar surface area (TPSA) is 16.1 Å². The molecule has 0 amide bonds. The minimum absolute atomic E-state index is 0.729. The molecule has 0 N–H and O–H groups in total. The summed E-state index contributed by atoms with van der Waals surface area (Å²) in [5, 5.41) is 0. The number of benzene rings is 1. The third-order valence-electron chi connectivity index (χ3n) is 4.40. The zero-order valence-corrected chi connectivity index (χ0v) is 12.3. The number of aromatic nitrogens is 1. The van der Waals surface area contributed by atoms with Crippen LogP contribution >= 0.6 is 0 Å². The molecule has 1 aliphatic rings. The monoisotopic (exact) mass is 266 g/mol. The van der Waals surface area contributed by atoms with Crippen LogP contribution in [0.2, 0.25) is 0 Å². The van der Waals surface area contributed by atoms with E-state index < -0.39 is 0 Å². The van der Waals surface area contributed by atoms with Gasteiger partial charge in [-0.1, -0.05) is 24.3 Å². The predicted octanol–water partition coefficient (Wildman–Crippen LogP) is 4.04. The summed E-state index contributed by atoms with van der Waals surface area (Å²) in [6, 6.07) is 11.6. The van der Waals surface area contributed by atoms with Crippen molar-refractivity contribution in [3.8, 4) is 11.1 Å². The third kappa shape index (κ3) is 2.75. The fraction of sp³-hybridized carbons (Fsp3) is 0.389. The zero-order chi connectivity index (χ0) is 13.9. The molecule has 0 radical (unpaired) electrons. The van der Waals surface area contributed by atoms with E-state index in [2.05, 4.69) is 48.0 Å². The maximum absolute atomic E-state index is 4.20. The standard InChI is InChI=1S/C18H22N2/c1-14-11-16(17-6-3-9-19-12-17)7-8-18(14)13-20-10-4-5-15(20)2/h3,6-9,11-12,15H,4-5,10,13H2,1-2H3. The van der Waals surface area contributed by atoms with E-state index in [9.17, 15) is 0 Å². The third-order valence-corrected chi connectivity index (χ3v) is 4.40. The van der Waals surface area contributed by atoms with E-state index in [1.54, 1.807) is 0 Å². The minimum Gasteiger partial charge on any atom is -0.296 e.